The number of anilines is 1. The summed E-state index contributed by atoms with van der Waals surface area (Å²) in [7, 11) is 0. The van der Waals surface area contributed by atoms with Gasteiger partial charge in [0.05, 0.1) is 11.6 Å². The Morgan fingerprint density at radius 3 is 2.43 bits per heavy atom. The second-order valence-corrected chi connectivity index (χ2v) is 6.35. The van der Waals surface area contributed by atoms with Gasteiger partial charge in [-0.3, -0.25) is 14.5 Å². The van der Waals surface area contributed by atoms with Gasteiger partial charge in [-0.1, -0.05) is 53.7 Å². The molecule has 1 fully saturated rings. The predicted molar refractivity (Wildman–Crippen MR) is 98.9 cm³/mol. The lowest BCUT2D eigenvalue weighted by Crippen LogP contribution is -2.30. The number of carbonyl (C=O) groups excluding carboxylic acids is 2. The van der Waals surface area contributed by atoms with Crippen molar-refractivity contribution in [1.29, 1.82) is 0 Å². The third-order valence-corrected chi connectivity index (χ3v) is 4.55. The number of aliphatic hydroxyl groups is 1. The van der Waals surface area contributed by atoms with E-state index in [0.29, 0.717) is 11.3 Å². The lowest BCUT2D eigenvalue weighted by Gasteiger charge is -2.23. The number of halogens is 1. The highest BCUT2D eigenvalue weighted by Gasteiger charge is 2.48. The number of hydrogen-bond donors (Lipinski definition) is 1. The number of aliphatic hydroxyl groups excluding tert-OH is 1. The summed E-state index contributed by atoms with van der Waals surface area (Å²) in [5, 5.41) is 14.6. The van der Waals surface area contributed by atoms with Crippen LogP contribution in [0.5, 0.6) is 0 Å². The van der Waals surface area contributed by atoms with Crippen LogP contribution in [-0.4, -0.2) is 22.0 Å². The zero-order valence-electron chi connectivity index (χ0n) is 14.8. The van der Waals surface area contributed by atoms with Crippen molar-refractivity contribution in [3.63, 3.8) is 0 Å². The van der Waals surface area contributed by atoms with E-state index in [-0.39, 0.29) is 22.7 Å². The maximum absolute atomic E-state index is 14.6. The van der Waals surface area contributed by atoms with Crippen LogP contribution in [0.15, 0.2) is 70.8 Å². The molecule has 6 nitrogen and oxygen atoms in total. The molecule has 7 heteroatoms. The quantitative estimate of drug-likeness (QED) is 0.426. The number of nitrogens with zero attached hydrogens (tertiary/aromatic N) is 2. The van der Waals surface area contributed by atoms with Crippen LogP contribution in [0, 0.1) is 12.7 Å². The summed E-state index contributed by atoms with van der Waals surface area (Å²) >= 11 is 0. The fourth-order valence-electron chi connectivity index (χ4n) is 3.28. The summed E-state index contributed by atoms with van der Waals surface area (Å²) in [6, 6.07) is 14.4. The Kier molecular flexibility index (Phi) is 4.27. The van der Waals surface area contributed by atoms with E-state index in [1.807, 2.05) is 0 Å². The molecule has 2 heterocycles. The Morgan fingerprint density at radius 1 is 1.11 bits per heavy atom. The molecule has 0 bridgehead atoms. The summed E-state index contributed by atoms with van der Waals surface area (Å²) in [6.07, 6.45) is 0. The molecule has 1 aromatic heterocycles. The van der Waals surface area contributed by atoms with E-state index in [9.17, 15) is 19.1 Å². The summed E-state index contributed by atoms with van der Waals surface area (Å²) < 4.78 is 19.7. The number of carbonyl (C=O) groups is 2. The standard InChI is InChI=1S/C21H15FN2O4/c1-12-11-16(23-28-12)24-18(14-9-5-6-10-15(14)22)17(20(26)21(24)27)19(25)13-7-3-2-4-8-13/h2-11,18,25H,1H3/t18-/m0/s1. The first-order valence-corrected chi connectivity index (χ1v) is 8.53. The Labute approximate surface area is 159 Å². The molecule has 28 heavy (non-hydrogen) atoms. The molecule has 1 aliphatic rings. The van der Waals surface area contributed by atoms with Crippen LogP contribution in [0.1, 0.15) is 22.9 Å². The average Bonchev–Trinajstić information content (AvgIpc) is 3.23. The Balaban J connectivity index is 1.98. The predicted octanol–water partition coefficient (Wildman–Crippen LogP) is 3.75. The monoisotopic (exact) mass is 378 g/mol. The lowest BCUT2D eigenvalue weighted by molar-refractivity contribution is -0.132. The molecule has 0 saturated carbocycles. The first-order chi connectivity index (χ1) is 13.5. The lowest BCUT2D eigenvalue weighted by atomic mass is 9.95. The highest BCUT2D eigenvalue weighted by molar-refractivity contribution is 6.51. The SMILES string of the molecule is Cc1cc(N2C(=O)C(=O)C(=C(O)c3ccccc3)[C@@H]2c2ccccc2F)no1. The van der Waals surface area contributed by atoms with Crippen molar-refractivity contribution in [3.8, 4) is 0 Å². The first-order valence-electron chi connectivity index (χ1n) is 8.53. The van der Waals surface area contributed by atoms with Gasteiger partial charge in [0.15, 0.2) is 5.82 Å². The van der Waals surface area contributed by atoms with Crippen LogP contribution in [0.25, 0.3) is 5.76 Å². The minimum atomic E-state index is -1.18. The largest absolute Gasteiger partial charge is 0.507 e. The van der Waals surface area contributed by atoms with Gasteiger partial charge < -0.3 is 9.63 Å². The third kappa shape index (κ3) is 2.77. The van der Waals surface area contributed by atoms with E-state index in [2.05, 4.69) is 5.16 Å². The summed E-state index contributed by atoms with van der Waals surface area (Å²) in [4.78, 5) is 26.6. The van der Waals surface area contributed by atoms with Crippen molar-refractivity contribution in [2.75, 3.05) is 4.90 Å². The number of hydrogen-bond acceptors (Lipinski definition) is 5. The molecule has 140 valence electrons. The molecule has 0 aliphatic carbocycles. The number of amides is 1. The van der Waals surface area contributed by atoms with Gasteiger partial charge in [0.25, 0.3) is 5.78 Å². The fraction of sp³-hybridized carbons (Fsp3) is 0.0952. The van der Waals surface area contributed by atoms with Crippen LogP contribution >= 0.6 is 0 Å². The molecule has 0 spiro atoms. The van der Waals surface area contributed by atoms with Crippen LogP contribution in [0.3, 0.4) is 0 Å². The van der Waals surface area contributed by atoms with Gasteiger partial charge in [0.1, 0.15) is 17.3 Å². The number of Topliss-reactive ketones (excluding diaryl/α,β-unsaturated/α-hetero) is 1. The van der Waals surface area contributed by atoms with E-state index in [4.69, 9.17) is 4.52 Å². The zero-order chi connectivity index (χ0) is 19.8. The van der Waals surface area contributed by atoms with Gasteiger partial charge in [0.2, 0.25) is 0 Å². The van der Waals surface area contributed by atoms with E-state index in [0.717, 1.165) is 4.90 Å². The number of aryl methyl sites for hydroxylation is 1. The maximum Gasteiger partial charge on any atom is 0.301 e. The highest BCUT2D eigenvalue weighted by Crippen LogP contribution is 2.42. The summed E-state index contributed by atoms with van der Waals surface area (Å²) in [5.41, 5.74) is 0.208. The van der Waals surface area contributed by atoms with Crippen molar-refractivity contribution >= 4 is 23.3 Å². The van der Waals surface area contributed by atoms with E-state index in [1.165, 1.54) is 24.3 Å². The highest BCUT2D eigenvalue weighted by atomic mass is 19.1. The second-order valence-electron chi connectivity index (χ2n) is 6.35. The first kappa shape index (κ1) is 17.7. The normalized spacial score (nSPS) is 18.6. The fourth-order valence-corrected chi connectivity index (χ4v) is 3.28. The van der Waals surface area contributed by atoms with Gasteiger partial charge in [-0.2, -0.15) is 0 Å². The van der Waals surface area contributed by atoms with Gasteiger partial charge in [0, 0.05) is 17.2 Å². The Morgan fingerprint density at radius 2 is 1.79 bits per heavy atom. The van der Waals surface area contributed by atoms with Crippen molar-refractivity contribution in [1.82, 2.24) is 5.16 Å². The summed E-state index contributed by atoms with van der Waals surface area (Å²) in [5.74, 6) is -2.34. The Hall–Kier alpha value is -3.74. The maximum atomic E-state index is 14.6. The molecule has 2 aromatic carbocycles. The molecule has 3 aromatic rings. The molecule has 0 radical (unpaired) electrons. The van der Waals surface area contributed by atoms with Crippen LogP contribution in [-0.2, 0) is 9.59 Å². The number of rotatable bonds is 3. The summed E-state index contributed by atoms with van der Waals surface area (Å²) in [6.45, 7) is 1.63. The molecular formula is C21H15FN2O4. The minimum absolute atomic E-state index is 0.0693. The van der Waals surface area contributed by atoms with Gasteiger partial charge in [-0.15, -0.1) is 0 Å². The molecule has 1 amide bonds. The van der Waals surface area contributed by atoms with E-state index < -0.39 is 23.5 Å². The number of benzene rings is 2. The topological polar surface area (TPSA) is 83.6 Å². The molecule has 4 rings (SSSR count). The van der Waals surface area contributed by atoms with Crippen molar-refractivity contribution in [3.05, 3.63) is 88.9 Å². The number of ketones is 1. The third-order valence-electron chi connectivity index (χ3n) is 4.55. The molecule has 1 atom stereocenters. The van der Waals surface area contributed by atoms with Gasteiger partial charge in [-0.25, -0.2) is 4.39 Å². The molecule has 1 aliphatic heterocycles. The average molecular weight is 378 g/mol. The van der Waals surface area contributed by atoms with E-state index in [1.54, 1.807) is 43.3 Å². The molecule has 0 unspecified atom stereocenters. The van der Waals surface area contributed by atoms with Crippen molar-refractivity contribution < 1.29 is 23.6 Å². The molecular weight excluding hydrogens is 363 g/mol. The van der Waals surface area contributed by atoms with Gasteiger partial charge in [-0.05, 0) is 13.0 Å². The molecule has 1 N–H and O–H groups in total. The van der Waals surface area contributed by atoms with Crippen LogP contribution in [0.2, 0.25) is 0 Å². The number of aromatic nitrogens is 1. The Bertz CT molecular complexity index is 1100. The second kappa shape index (κ2) is 6.77. The van der Waals surface area contributed by atoms with Crippen LogP contribution in [0.4, 0.5) is 10.2 Å². The minimum Gasteiger partial charge on any atom is -0.507 e. The van der Waals surface area contributed by atoms with Crippen molar-refractivity contribution in [2.24, 2.45) is 0 Å². The smallest absolute Gasteiger partial charge is 0.301 e. The zero-order valence-corrected chi connectivity index (χ0v) is 14.8. The molecule has 1 saturated heterocycles. The van der Waals surface area contributed by atoms with Crippen molar-refractivity contribution in [2.45, 2.75) is 13.0 Å². The van der Waals surface area contributed by atoms with Gasteiger partial charge >= 0.3 is 5.91 Å². The van der Waals surface area contributed by atoms with E-state index >= 15 is 0 Å². The van der Waals surface area contributed by atoms with Crippen LogP contribution < -0.4 is 4.90 Å².